The lowest BCUT2D eigenvalue weighted by atomic mass is 10.2. The highest BCUT2D eigenvalue weighted by Crippen LogP contribution is 2.26. The molecule has 0 bridgehead atoms. The lowest BCUT2D eigenvalue weighted by Crippen LogP contribution is -2.02. The van der Waals surface area contributed by atoms with Gasteiger partial charge >= 0.3 is 0 Å². The molecule has 0 aliphatic heterocycles. The minimum Gasteiger partial charge on any atom is -0.357 e. The van der Waals surface area contributed by atoms with Crippen molar-refractivity contribution in [3.63, 3.8) is 0 Å². The molecule has 2 N–H and O–H groups in total. The third-order valence-electron chi connectivity index (χ3n) is 2.95. The van der Waals surface area contributed by atoms with Crippen LogP contribution in [0.1, 0.15) is 0 Å². The average Bonchev–Trinajstić information content (AvgIpc) is 2.49. The van der Waals surface area contributed by atoms with Crippen molar-refractivity contribution in [2.75, 3.05) is 17.7 Å². The quantitative estimate of drug-likeness (QED) is 0.762. The van der Waals surface area contributed by atoms with E-state index in [9.17, 15) is 4.39 Å². The molecule has 1 heterocycles. The molecule has 3 aromatic rings. The molecule has 0 fully saturated rings. The molecule has 2 aromatic carbocycles. The van der Waals surface area contributed by atoms with Crippen LogP contribution in [0.15, 0.2) is 48.5 Å². The van der Waals surface area contributed by atoms with Gasteiger partial charge in [0.15, 0.2) is 0 Å². The second-order valence-corrected chi connectivity index (χ2v) is 4.27. The molecular weight excluding hydrogens is 255 g/mol. The lowest BCUT2D eigenvalue weighted by molar-refractivity contribution is 0.632. The van der Waals surface area contributed by atoms with E-state index < -0.39 is 0 Å². The lowest BCUT2D eigenvalue weighted by Gasteiger charge is -2.11. The number of fused-ring (bicyclic) bond motifs is 1. The summed E-state index contributed by atoms with van der Waals surface area (Å²) in [5.74, 6) is 0.744. The highest BCUT2D eigenvalue weighted by molar-refractivity contribution is 5.91. The van der Waals surface area contributed by atoms with Gasteiger partial charge in [0.2, 0.25) is 5.95 Å². The van der Waals surface area contributed by atoms with Gasteiger partial charge < -0.3 is 10.6 Å². The molecule has 1 aromatic heterocycles. The molecule has 4 nitrogen and oxygen atoms in total. The second-order valence-electron chi connectivity index (χ2n) is 4.27. The Bertz CT molecular complexity index is 758. The summed E-state index contributed by atoms with van der Waals surface area (Å²) in [6.07, 6.45) is 0. The molecule has 0 amide bonds. The molecule has 0 aliphatic rings. The first-order chi connectivity index (χ1) is 9.78. The fraction of sp³-hybridized carbons (Fsp3) is 0.0667. The zero-order chi connectivity index (χ0) is 13.9. The van der Waals surface area contributed by atoms with Gasteiger partial charge in [-0.25, -0.2) is 9.37 Å². The van der Waals surface area contributed by atoms with Crippen molar-refractivity contribution in [1.82, 2.24) is 9.97 Å². The molecular formula is C15H13FN4. The Kier molecular flexibility index (Phi) is 3.16. The van der Waals surface area contributed by atoms with Crippen molar-refractivity contribution in [3.05, 3.63) is 54.3 Å². The summed E-state index contributed by atoms with van der Waals surface area (Å²) in [6.45, 7) is 0. The number of aromatic nitrogens is 2. The van der Waals surface area contributed by atoms with E-state index in [0.29, 0.717) is 17.5 Å². The van der Waals surface area contributed by atoms with Crippen LogP contribution in [0.5, 0.6) is 0 Å². The zero-order valence-corrected chi connectivity index (χ0v) is 10.9. The van der Waals surface area contributed by atoms with Crippen molar-refractivity contribution >= 4 is 28.4 Å². The molecule has 0 spiro atoms. The Morgan fingerprint density at radius 3 is 2.50 bits per heavy atom. The summed E-state index contributed by atoms with van der Waals surface area (Å²) < 4.78 is 13.7. The van der Waals surface area contributed by atoms with Crippen LogP contribution >= 0.6 is 0 Å². The number of rotatable bonds is 3. The average molecular weight is 268 g/mol. The van der Waals surface area contributed by atoms with Gasteiger partial charge in [-0.3, -0.25) is 0 Å². The Morgan fingerprint density at radius 1 is 0.950 bits per heavy atom. The molecule has 3 rings (SSSR count). The number of hydrogen-bond donors (Lipinski definition) is 2. The van der Waals surface area contributed by atoms with E-state index in [1.54, 1.807) is 25.2 Å². The van der Waals surface area contributed by atoms with Gasteiger partial charge in [0.1, 0.15) is 11.6 Å². The molecule has 0 radical (unpaired) electrons. The number of nitrogens with zero attached hydrogens (tertiary/aromatic N) is 2. The first-order valence-electron chi connectivity index (χ1n) is 6.24. The summed E-state index contributed by atoms with van der Waals surface area (Å²) in [5, 5.41) is 6.77. The van der Waals surface area contributed by atoms with Crippen LogP contribution in [0.4, 0.5) is 21.8 Å². The van der Waals surface area contributed by atoms with Gasteiger partial charge in [-0.2, -0.15) is 4.98 Å². The van der Waals surface area contributed by atoms with Crippen LogP contribution in [0, 0.1) is 5.82 Å². The van der Waals surface area contributed by atoms with Crippen molar-refractivity contribution in [1.29, 1.82) is 0 Å². The number of benzene rings is 2. The minimum atomic E-state index is -0.318. The molecule has 20 heavy (non-hydrogen) atoms. The first kappa shape index (κ1) is 12.3. The summed E-state index contributed by atoms with van der Waals surface area (Å²) in [4.78, 5) is 8.72. The normalized spacial score (nSPS) is 10.5. The van der Waals surface area contributed by atoms with Crippen molar-refractivity contribution in [3.8, 4) is 0 Å². The summed E-state index contributed by atoms with van der Waals surface area (Å²) in [7, 11) is 1.75. The van der Waals surface area contributed by atoms with Crippen LogP contribution in [0.2, 0.25) is 0 Å². The van der Waals surface area contributed by atoms with E-state index in [2.05, 4.69) is 20.6 Å². The Hall–Kier alpha value is -2.69. The molecule has 0 saturated carbocycles. The Labute approximate surface area is 115 Å². The maximum Gasteiger partial charge on any atom is 0.224 e. The molecule has 0 aliphatic carbocycles. The zero-order valence-electron chi connectivity index (χ0n) is 10.9. The predicted octanol–water partition coefficient (Wildman–Crippen LogP) is 3.55. The van der Waals surface area contributed by atoms with Crippen LogP contribution < -0.4 is 10.6 Å². The van der Waals surface area contributed by atoms with Crippen LogP contribution in [0.3, 0.4) is 0 Å². The van der Waals surface area contributed by atoms with E-state index in [1.807, 2.05) is 24.3 Å². The largest absolute Gasteiger partial charge is 0.357 e. The van der Waals surface area contributed by atoms with Crippen molar-refractivity contribution in [2.24, 2.45) is 0 Å². The molecule has 5 heteroatoms. The maximum absolute atomic E-state index is 13.7. The van der Waals surface area contributed by atoms with Crippen LogP contribution in [-0.4, -0.2) is 17.0 Å². The standard InChI is InChI=1S/C15H13FN4/c1-17-15-19-12-8-4-2-6-10(12)14(20-15)18-13-9-5-3-7-11(13)16/h2-9H,1H3,(H2,17,18,19,20). The fourth-order valence-corrected chi connectivity index (χ4v) is 1.97. The fourth-order valence-electron chi connectivity index (χ4n) is 1.97. The molecule has 0 atom stereocenters. The molecule has 0 unspecified atom stereocenters. The van der Waals surface area contributed by atoms with E-state index >= 15 is 0 Å². The number of halogens is 1. The van der Waals surface area contributed by atoms with Gasteiger partial charge in [-0.15, -0.1) is 0 Å². The van der Waals surface area contributed by atoms with Crippen LogP contribution in [0.25, 0.3) is 10.9 Å². The van der Waals surface area contributed by atoms with Crippen molar-refractivity contribution in [2.45, 2.75) is 0 Å². The van der Waals surface area contributed by atoms with E-state index in [0.717, 1.165) is 10.9 Å². The first-order valence-corrected chi connectivity index (χ1v) is 6.24. The minimum absolute atomic E-state index is 0.318. The third-order valence-corrected chi connectivity index (χ3v) is 2.95. The van der Waals surface area contributed by atoms with Crippen LogP contribution in [-0.2, 0) is 0 Å². The van der Waals surface area contributed by atoms with E-state index in [-0.39, 0.29) is 5.82 Å². The SMILES string of the molecule is CNc1nc(Nc2ccccc2F)c2ccccc2n1. The monoisotopic (exact) mass is 268 g/mol. The van der Waals surface area contributed by atoms with Gasteiger partial charge in [0.05, 0.1) is 11.2 Å². The topological polar surface area (TPSA) is 49.8 Å². The predicted molar refractivity (Wildman–Crippen MR) is 78.8 cm³/mol. The Morgan fingerprint density at radius 2 is 1.70 bits per heavy atom. The highest BCUT2D eigenvalue weighted by Gasteiger charge is 2.08. The Balaban J connectivity index is 2.13. The smallest absolute Gasteiger partial charge is 0.224 e. The van der Waals surface area contributed by atoms with Gasteiger partial charge in [0.25, 0.3) is 0 Å². The van der Waals surface area contributed by atoms with E-state index in [1.165, 1.54) is 6.07 Å². The highest BCUT2D eigenvalue weighted by atomic mass is 19.1. The van der Waals surface area contributed by atoms with Gasteiger partial charge in [-0.1, -0.05) is 24.3 Å². The number of anilines is 3. The second kappa shape index (κ2) is 5.13. The summed E-state index contributed by atoms with van der Waals surface area (Å²) in [5.41, 5.74) is 1.18. The number of hydrogen-bond acceptors (Lipinski definition) is 4. The third kappa shape index (κ3) is 2.25. The van der Waals surface area contributed by atoms with Gasteiger partial charge in [0, 0.05) is 12.4 Å². The summed E-state index contributed by atoms with van der Waals surface area (Å²) in [6, 6.07) is 14.1. The van der Waals surface area contributed by atoms with Crippen molar-refractivity contribution < 1.29 is 4.39 Å². The van der Waals surface area contributed by atoms with E-state index in [4.69, 9.17) is 0 Å². The summed E-state index contributed by atoms with van der Waals surface area (Å²) >= 11 is 0. The number of para-hydroxylation sites is 2. The molecule has 0 saturated heterocycles. The maximum atomic E-state index is 13.7. The number of nitrogens with one attached hydrogen (secondary N) is 2. The van der Waals surface area contributed by atoms with Gasteiger partial charge in [-0.05, 0) is 24.3 Å². The molecule has 100 valence electrons.